The Morgan fingerprint density at radius 2 is 1.87 bits per heavy atom. The van der Waals surface area contributed by atoms with E-state index in [0.29, 0.717) is 6.54 Å². The summed E-state index contributed by atoms with van der Waals surface area (Å²) in [6, 6.07) is 12.3. The SMILES string of the molecule is Cn1ncnc1-c1ccn2c(-c3ccc(CN)cc3)cnc2c1. The third-order valence-corrected chi connectivity index (χ3v) is 3.97. The minimum atomic E-state index is 0.550. The molecule has 0 spiro atoms. The quantitative estimate of drug-likeness (QED) is 0.630. The third kappa shape index (κ3) is 2.29. The summed E-state index contributed by atoms with van der Waals surface area (Å²) in [6.07, 6.45) is 5.45. The molecule has 0 aliphatic carbocycles. The third-order valence-electron chi connectivity index (χ3n) is 3.97. The Balaban J connectivity index is 1.79. The van der Waals surface area contributed by atoms with E-state index in [1.165, 1.54) is 0 Å². The maximum Gasteiger partial charge on any atom is 0.157 e. The molecule has 4 rings (SSSR count). The highest BCUT2D eigenvalue weighted by Gasteiger charge is 2.09. The van der Waals surface area contributed by atoms with Gasteiger partial charge in [-0.3, -0.25) is 4.40 Å². The molecule has 6 nitrogen and oxygen atoms in total. The second-order valence-corrected chi connectivity index (χ2v) is 5.40. The Kier molecular flexibility index (Phi) is 3.17. The van der Waals surface area contributed by atoms with E-state index in [4.69, 9.17) is 5.73 Å². The van der Waals surface area contributed by atoms with Crippen LogP contribution in [0.1, 0.15) is 5.56 Å². The summed E-state index contributed by atoms with van der Waals surface area (Å²) >= 11 is 0. The lowest BCUT2D eigenvalue weighted by Gasteiger charge is -2.05. The van der Waals surface area contributed by atoms with Crippen molar-refractivity contribution in [2.24, 2.45) is 12.8 Å². The first-order chi connectivity index (χ1) is 11.3. The minimum absolute atomic E-state index is 0.550. The van der Waals surface area contributed by atoms with Crippen LogP contribution in [0.5, 0.6) is 0 Å². The van der Waals surface area contributed by atoms with E-state index in [0.717, 1.165) is 33.9 Å². The molecule has 0 radical (unpaired) electrons. The molecule has 0 amide bonds. The van der Waals surface area contributed by atoms with Gasteiger partial charge in [-0.15, -0.1) is 0 Å². The molecule has 3 heterocycles. The van der Waals surface area contributed by atoms with E-state index in [-0.39, 0.29) is 0 Å². The molecular weight excluding hydrogens is 288 g/mol. The minimum Gasteiger partial charge on any atom is -0.326 e. The first-order valence-electron chi connectivity index (χ1n) is 7.37. The van der Waals surface area contributed by atoms with Crippen molar-refractivity contribution in [2.45, 2.75) is 6.54 Å². The van der Waals surface area contributed by atoms with Gasteiger partial charge in [0.25, 0.3) is 0 Å². The summed E-state index contributed by atoms with van der Waals surface area (Å²) in [5, 5.41) is 4.11. The highest BCUT2D eigenvalue weighted by atomic mass is 15.3. The predicted molar refractivity (Wildman–Crippen MR) is 88.5 cm³/mol. The number of nitrogens with two attached hydrogens (primary N) is 1. The molecule has 6 heteroatoms. The molecule has 3 aromatic heterocycles. The molecule has 114 valence electrons. The summed E-state index contributed by atoms with van der Waals surface area (Å²) in [6.45, 7) is 0.550. The second kappa shape index (κ2) is 5.33. The van der Waals surface area contributed by atoms with Crippen molar-refractivity contribution >= 4 is 5.65 Å². The predicted octanol–water partition coefficient (Wildman–Crippen LogP) is 2.26. The zero-order chi connectivity index (χ0) is 15.8. The first-order valence-corrected chi connectivity index (χ1v) is 7.37. The fraction of sp³-hybridized carbons (Fsp3) is 0.118. The van der Waals surface area contributed by atoms with Gasteiger partial charge in [0, 0.05) is 30.9 Å². The molecule has 0 saturated carbocycles. The second-order valence-electron chi connectivity index (χ2n) is 5.40. The van der Waals surface area contributed by atoms with Crippen molar-refractivity contribution < 1.29 is 0 Å². The van der Waals surface area contributed by atoms with Gasteiger partial charge in [-0.05, 0) is 17.7 Å². The van der Waals surface area contributed by atoms with Crippen LogP contribution >= 0.6 is 0 Å². The van der Waals surface area contributed by atoms with Crippen LogP contribution < -0.4 is 5.73 Å². The zero-order valence-electron chi connectivity index (χ0n) is 12.7. The normalized spacial score (nSPS) is 11.2. The van der Waals surface area contributed by atoms with E-state index in [1.807, 2.05) is 43.7 Å². The first kappa shape index (κ1) is 13.7. The smallest absolute Gasteiger partial charge is 0.157 e. The molecule has 0 aliphatic heterocycles. The zero-order valence-corrected chi connectivity index (χ0v) is 12.7. The van der Waals surface area contributed by atoms with Crippen LogP contribution in [0, 0.1) is 0 Å². The van der Waals surface area contributed by atoms with E-state index < -0.39 is 0 Å². The largest absolute Gasteiger partial charge is 0.326 e. The maximum atomic E-state index is 5.65. The highest BCUT2D eigenvalue weighted by Crippen LogP contribution is 2.24. The van der Waals surface area contributed by atoms with Crippen LogP contribution in [0.15, 0.2) is 55.1 Å². The van der Waals surface area contributed by atoms with Gasteiger partial charge in [0.15, 0.2) is 5.82 Å². The molecule has 2 N–H and O–H groups in total. The number of fused-ring (bicyclic) bond motifs is 1. The molecule has 0 bridgehead atoms. The Bertz CT molecular complexity index is 964. The average molecular weight is 304 g/mol. The molecule has 4 aromatic rings. The highest BCUT2D eigenvalue weighted by molar-refractivity contribution is 5.68. The fourth-order valence-corrected chi connectivity index (χ4v) is 2.70. The summed E-state index contributed by atoms with van der Waals surface area (Å²) in [5.41, 5.74) is 10.8. The van der Waals surface area contributed by atoms with Crippen LogP contribution in [0.4, 0.5) is 0 Å². The van der Waals surface area contributed by atoms with Crippen LogP contribution in [-0.4, -0.2) is 24.1 Å². The van der Waals surface area contributed by atoms with Crippen LogP contribution in [0.25, 0.3) is 28.3 Å². The standard InChI is InChI=1S/C17H16N6/c1-22-17(20-11-21-22)14-6-7-23-15(10-19-16(23)8-14)13-4-2-12(9-18)3-5-13/h2-8,10-11H,9,18H2,1H3. The number of aromatic nitrogens is 5. The van der Waals surface area contributed by atoms with E-state index in [9.17, 15) is 0 Å². The fourth-order valence-electron chi connectivity index (χ4n) is 2.70. The van der Waals surface area contributed by atoms with E-state index in [1.54, 1.807) is 11.0 Å². The van der Waals surface area contributed by atoms with Gasteiger partial charge in [-0.2, -0.15) is 5.10 Å². The Morgan fingerprint density at radius 3 is 2.57 bits per heavy atom. The van der Waals surface area contributed by atoms with Crippen molar-refractivity contribution in [3.05, 3.63) is 60.7 Å². The van der Waals surface area contributed by atoms with E-state index in [2.05, 4.69) is 31.6 Å². The van der Waals surface area contributed by atoms with Gasteiger partial charge >= 0.3 is 0 Å². The van der Waals surface area contributed by atoms with Gasteiger partial charge in [0.2, 0.25) is 0 Å². The van der Waals surface area contributed by atoms with E-state index >= 15 is 0 Å². The van der Waals surface area contributed by atoms with Crippen molar-refractivity contribution in [2.75, 3.05) is 0 Å². The molecule has 0 unspecified atom stereocenters. The number of aryl methyl sites for hydroxylation is 1. The molecule has 0 fully saturated rings. The Labute approximate surface area is 133 Å². The number of hydrogen-bond acceptors (Lipinski definition) is 4. The van der Waals surface area contributed by atoms with Crippen LogP contribution in [0.2, 0.25) is 0 Å². The summed E-state index contributed by atoms with van der Waals surface area (Å²) in [4.78, 5) is 8.80. The molecule has 1 aromatic carbocycles. The lowest BCUT2D eigenvalue weighted by molar-refractivity contribution is 0.774. The molecule has 0 saturated heterocycles. The Hall–Kier alpha value is -2.99. The molecule has 0 aliphatic rings. The van der Waals surface area contributed by atoms with Gasteiger partial charge in [0.05, 0.1) is 11.9 Å². The van der Waals surface area contributed by atoms with Crippen LogP contribution in [0.3, 0.4) is 0 Å². The number of hydrogen-bond donors (Lipinski definition) is 1. The van der Waals surface area contributed by atoms with Gasteiger partial charge in [0.1, 0.15) is 12.0 Å². The van der Waals surface area contributed by atoms with Crippen molar-refractivity contribution in [3.63, 3.8) is 0 Å². The summed E-state index contributed by atoms with van der Waals surface area (Å²) in [5.74, 6) is 0.823. The van der Waals surface area contributed by atoms with Gasteiger partial charge < -0.3 is 5.73 Å². The summed E-state index contributed by atoms with van der Waals surface area (Å²) in [7, 11) is 1.88. The van der Waals surface area contributed by atoms with Crippen LogP contribution in [-0.2, 0) is 13.6 Å². The lowest BCUT2D eigenvalue weighted by atomic mass is 10.1. The average Bonchev–Trinajstić information content (AvgIpc) is 3.20. The van der Waals surface area contributed by atoms with Gasteiger partial charge in [-0.25, -0.2) is 14.6 Å². The molecule has 23 heavy (non-hydrogen) atoms. The number of rotatable bonds is 3. The van der Waals surface area contributed by atoms with Crippen molar-refractivity contribution in [1.29, 1.82) is 0 Å². The topological polar surface area (TPSA) is 74.0 Å². The van der Waals surface area contributed by atoms with Crippen molar-refractivity contribution in [1.82, 2.24) is 24.1 Å². The lowest BCUT2D eigenvalue weighted by Crippen LogP contribution is -1.96. The van der Waals surface area contributed by atoms with Crippen molar-refractivity contribution in [3.8, 4) is 22.6 Å². The number of pyridine rings is 1. The molecule has 0 atom stereocenters. The van der Waals surface area contributed by atoms with Gasteiger partial charge in [-0.1, -0.05) is 24.3 Å². The molecular formula is C17H16N6. The number of nitrogens with zero attached hydrogens (tertiary/aromatic N) is 5. The maximum absolute atomic E-state index is 5.65. The monoisotopic (exact) mass is 304 g/mol. The number of imidazole rings is 1. The summed E-state index contributed by atoms with van der Waals surface area (Å²) < 4.78 is 3.82. The Morgan fingerprint density at radius 1 is 1.04 bits per heavy atom. The number of benzene rings is 1.